The molecular weight excluding hydrogens is 234 g/mol. The molecule has 2 aromatic rings. The molecule has 0 radical (unpaired) electrons. The Bertz CT molecular complexity index is 559. The van der Waals surface area contributed by atoms with Crippen LogP contribution in [0.3, 0.4) is 0 Å². The molecule has 1 aliphatic carbocycles. The number of likely N-dealkylation sites (N-methyl/N-ethyl adjacent to an activating group) is 1. The first kappa shape index (κ1) is 12.4. The zero-order valence-electron chi connectivity index (χ0n) is 11.6. The van der Waals surface area contributed by atoms with Gasteiger partial charge in [0, 0.05) is 18.7 Å². The van der Waals surface area contributed by atoms with E-state index in [2.05, 4.69) is 59.4 Å². The van der Waals surface area contributed by atoms with Crippen molar-refractivity contribution in [3.05, 3.63) is 53.3 Å². The highest BCUT2D eigenvalue weighted by Crippen LogP contribution is 2.41. The molecule has 1 aliphatic rings. The van der Waals surface area contributed by atoms with Gasteiger partial charge in [0.2, 0.25) is 0 Å². The number of aryl methyl sites for hydroxylation is 2. The molecule has 19 heavy (non-hydrogen) atoms. The van der Waals surface area contributed by atoms with E-state index in [4.69, 9.17) is 0 Å². The minimum absolute atomic E-state index is 0.353. The molecule has 1 N–H and O–H groups in total. The number of fused-ring (bicyclic) bond motifs is 1. The first-order valence-electron chi connectivity index (χ1n) is 7.12. The quantitative estimate of drug-likeness (QED) is 0.910. The molecule has 2 unspecified atom stereocenters. The maximum atomic E-state index is 4.41. The van der Waals surface area contributed by atoms with Crippen LogP contribution in [0.1, 0.15) is 42.1 Å². The normalized spacial score (nSPS) is 19.4. The van der Waals surface area contributed by atoms with Crippen molar-refractivity contribution in [1.82, 2.24) is 15.1 Å². The lowest BCUT2D eigenvalue weighted by Crippen LogP contribution is -2.25. The highest BCUT2D eigenvalue weighted by atomic mass is 15.3. The van der Waals surface area contributed by atoms with Gasteiger partial charge >= 0.3 is 0 Å². The van der Waals surface area contributed by atoms with Crippen molar-refractivity contribution >= 4 is 0 Å². The number of hydrogen-bond donors (Lipinski definition) is 1. The Morgan fingerprint density at radius 2 is 2.21 bits per heavy atom. The van der Waals surface area contributed by atoms with Crippen molar-refractivity contribution in [2.24, 2.45) is 0 Å². The Hall–Kier alpha value is -1.61. The smallest absolute Gasteiger partial charge is 0.0559 e. The summed E-state index contributed by atoms with van der Waals surface area (Å²) in [6, 6.07) is 11.3. The van der Waals surface area contributed by atoms with E-state index in [-0.39, 0.29) is 0 Å². The van der Waals surface area contributed by atoms with Gasteiger partial charge in [0.1, 0.15) is 0 Å². The van der Waals surface area contributed by atoms with Crippen molar-refractivity contribution < 1.29 is 0 Å². The lowest BCUT2D eigenvalue weighted by Gasteiger charge is -2.24. The molecule has 0 saturated heterocycles. The third kappa shape index (κ3) is 2.08. The summed E-state index contributed by atoms with van der Waals surface area (Å²) in [5, 5.41) is 7.91. The van der Waals surface area contributed by atoms with Crippen LogP contribution in [0.4, 0.5) is 0 Å². The van der Waals surface area contributed by atoms with Gasteiger partial charge in [-0.05, 0) is 44.0 Å². The molecule has 0 amide bonds. The summed E-state index contributed by atoms with van der Waals surface area (Å²) in [6.07, 6.45) is 4.32. The molecule has 3 heteroatoms. The van der Waals surface area contributed by atoms with Gasteiger partial charge in [-0.15, -0.1) is 0 Å². The van der Waals surface area contributed by atoms with E-state index in [9.17, 15) is 0 Å². The van der Waals surface area contributed by atoms with E-state index >= 15 is 0 Å². The Kier molecular flexibility index (Phi) is 3.38. The van der Waals surface area contributed by atoms with Gasteiger partial charge in [-0.2, -0.15) is 5.10 Å². The summed E-state index contributed by atoms with van der Waals surface area (Å²) in [5.41, 5.74) is 4.31. The minimum atomic E-state index is 0.353. The predicted molar refractivity (Wildman–Crippen MR) is 77.2 cm³/mol. The van der Waals surface area contributed by atoms with Crippen molar-refractivity contribution in [2.45, 2.75) is 38.3 Å². The van der Waals surface area contributed by atoms with Crippen LogP contribution in [0.5, 0.6) is 0 Å². The fourth-order valence-electron chi connectivity index (χ4n) is 3.36. The molecular formula is C16H21N3. The lowest BCUT2D eigenvalue weighted by molar-refractivity contribution is 0.438. The first-order chi connectivity index (χ1) is 9.35. The highest BCUT2D eigenvalue weighted by molar-refractivity contribution is 5.37. The van der Waals surface area contributed by atoms with E-state index in [0.29, 0.717) is 12.0 Å². The number of benzene rings is 1. The topological polar surface area (TPSA) is 29.9 Å². The Morgan fingerprint density at radius 3 is 3.00 bits per heavy atom. The number of aromatic nitrogens is 2. The summed E-state index contributed by atoms with van der Waals surface area (Å²) in [4.78, 5) is 0. The van der Waals surface area contributed by atoms with Crippen molar-refractivity contribution in [3.63, 3.8) is 0 Å². The van der Waals surface area contributed by atoms with Crippen molar-refractivity contribution in [3.8, 4) is 0 Å². The molecule has 1 aromatic heterocycles. The Morgan fingerprint density at radius 1 is 1.37 bits per heavy atom. The molecule has 0 saturated carbocycles. The maximum Gasteiger partial charge on any atom is 0.0559 e. The first-order valence-corrected chi connectivity index (χ1v) is 7.12. The van der Waals surface area contributed by atoms with Crippen LogP contribution < -0.4 is 5.32 Å². The van der Waals surface area contributed by atoms with Crippen LogP contribution in [-0.4, -0.2) is 16.8 Å². The van der Waals surface area contributed by atoms with Gasteiger partial charge in [0.15, 0.2) is 0 Å². The average molecular weight is 255 g/mol. The van der Waals surface area contributed by atoms with Gasteiger partial charge < -0.3 is 5.32 Å². The van der Waals surface area contributed by atoms with Gasteiger partial charge in [0.05, 0.1) is 11.7 Å². The highest BCUT2D eigenvalue weighted by Gasteiger charge is 2.31. The van der Waals surface area contributed by atoms with Crippen LogP contribution in [0.25, 0.3) is 0 Å². The fourth-order valence-corrected chi connectivity index (χ4v) is 3.36. The van der Waals surface area contributed by atoms with Crippen LogP contribution in [0, 0.1) is 0 Å². The minimum Gasteiger partial charge on any atom is -0.311 e. The van der Waals surface area contributed by atoms with E-state index < -0.39 is 0 Å². The molecule has 3 nitrogen and oxygen atoms in total. The summed E-state index contributed by atoms with van der Waals surface area (Å²) in [5.74, 6) is 0.559. The summed E-state index contributed by atoms with van der Waals surface area (Å²) in [7, 11) is 2.05. The predicted octanol–water partition coefficient (Wildman–Crippen LogP) is 2.89. The van der Waals surface area contributed by atoms with Crippen LogP contribution in [0.15, 0.2) is 36.5 Å². The summed E-state index contributed by atoms with van der Waals surface area (Å²) < 4.78 is 2.10. The van der Waals surface area contributed by atoms with E-state index in [1.54, 1.807) is 0 Å². The molecule has 3 rings (SSSR count). The van der Waals surface area contributed by atoms with Gasteiger partial charge in [-0.3, -0.25) is 4.68 Å². The van der Waals surface area contributed by atoms with E-state index in [1.807, 2.05) is 6.20 Å². The van der Waals surface area contributed by atoms with Gasteiger partial charge in [0.25, 0.3) is 0 Å². The number of nitrogens with zero attached hydrogens (tertiary/aromatic N) is 2. The second-order valence-electron chi connectivity index (χ2n) is 5.18. The second kappa shape index (κ2) is 5.17. The molecule has 1 aromatic carbocycles. The molecule has 0 fully saturated rings. The van der Waals surface area contributed by atoms with E-state index in [1.165, 1.54) is 29.7 Å². The average Bonchev–Trinajstić information content (AvgIpc) is 3.07. The Labute approximate surface area is 114 Å². The SMILES string of the molecule is CCn1nccc1C(NC)C1CCc2ccccc21. The number of rotatable bonds is 4. The summed E-state index contributed by atoms with van der Waals surface area (Å²) >= 11 is 0. The zero-order valence-corrected chi connectivity index (χ0v) is 11.6. The van der Waals surface area contributed by atoms with Gasteiger partial charge in [-0.1, -0.05) is 24.3 Å². The fraction of sp³-hybridized carbons (Fsp3) is 0.438. The third-order valence-corrected chi connectivity index (χ3v) is 4.26. The van der Waals surface area contributed by atoms with Crippen LogP contribution in [0.2, 0.25) is 0 Å². The van der Waals surface area contributed by atoms with Crippen LogP contribution >= 0.6 is 0 Å². The standard InChI is InChI=1S/C16H21N3/c1-3-19-15(10-11-18-19)16(17-2)14-9-8-12-6-4-5-7-13(12)14/h4-7,10-11,14,16-17H,3,8-9H2,1-2H3. The largest absolute Gasteiger partial charge is 0.311 e. The monoisotopic (exact) mass is 255 g/mol. The van der Waals surface area contributed by atoms with Crippen LogP contribution in [-0.2, 0) is 13.0 Å². The lowest BCUT2D eigenvalue weighted by atomic mass is 9.91. The second-order valence-corrected chi connectivity index (χ2v) is 5.18. The van der Waals surface area contributed by atoms with Crippen molar-refractivity contribution in [2.75, 3.05) is 7.05 Å². The number of hydrogen-bond acceptors (Lipinski definition) is 2. The maximum absolute atomic E-state index is 4.41. The van der Waals surface area contributed by atoms with Gasteiger partial charge in [-0.25, -0.2) is 0 Å². The summed E-state index contributed by atoms with van der Waals surface area (Å²) in [6.45, 7) is 3.07. The molecule has 100 valence electrons. The third-order valence-electron chi connectivity index (χ3n) is 4.26. The molecule has 0 aliphatic heterocycles. The molecule has 0 bridgehead atoms. The van der Waals surface area contributed by atoms with E-state index in [0.717, 1.165) is 6.54 Å². The zero-order chi connectivity index (χ0) is 13.2. The number of nitrogens with one attached hydrogen (secondary N) is 1. The van der Waals surface area contributed by atoms with Crippen molar-refractivity contribution in [1.29, 1.82) is 0 Å². The molecule has 0 spiro atoms. The Balaban J connectivity index is 1.97. The molecule has 2 atom stereocenters. The molecule has 1 heterocycles.